The lowest BCUT2D eigenvalue weighted by atomic mass is 10.0. The molecule has 2 unspecified atom stereocenters. The fourth-order valence-electron chi connectivity index (χ4n) is 2.14. The number of aliphatic hydroxyl groups excluding tert-OH is 1. The second kappa shape index (κ2) is 7.76. The predicted molar refractivity (Wildman–Crippen MR) is 81.9 cm³/mol. The second-order valence-corrected chi connectivity index (χ2v) is 7.32. The summed E-state index contributed by atoms with van der Waals surface area (Å²) in [6.45, 7) is 3.89. The fraction of sp³-hybridized carbons (Fsp3) is 0.600. The normalized spacial score (nSPS) is 15.2. The summed E-state index contributed by atoms with van der Waals surface area (Å²) in [5.74, 6) is 0.280. The average molecular weight is 299 g/mol. The van der Waals surface area contributed by atoms with Crippen LogP contribution >= 0.6 is 0 Å². The fourth-order valence-corrected chi connectivity index (χ4v) is 3.95. The zero-order valence-electron chi connectivity index (χ0n) is 12.5. The van der Waals surface area contributed by atoms with E-state index in [1.807, 2.05) is 44.2 Å². The molecular weight excluding hydrogens is 274 g/mol. The highest BCUT2D eigenvalue weighted by Crippen LogP contribution is 2.26. The minimum Gasteiger partial charge on any atom is -0.396 e. The van der Waals surface area contributed by atoms with E-state index < -0.39 is 10.0 Å². The Labute approximate surface area is 122 Å². The van der Waals surface area contributed by atoms with Gasteiger partial charge in [0.1, 0.15) is 0 Å². The monoisotopic (exact) mass is 299 g/mol. The van der Waals surface area contributed by atoms with E-state index in [4.69, 9.17) is 0 Å². The summed E-state index contributed by atoms with van der Waals surface area (Å²) in [6.07, 6.45) is 1.24. The highest BCUT2D eigenvalue weighted by atomic mass is 32.2. The first-order valence-corrected chi connectivity index (χ1v) is 8.64. The van der Waals surface area contributed by atoms with E-state index in [1.165, 1.54) is 4.31 Å². The molecule has 1 rings (SSSR count). The topological polar surface area (TPSA) is 57.6 Å². The van der Waals surface area contributed by atoms with Gasteiger partial charge < -0.3 is 5.11 Å². The van der Waals surface area contributed by atoms with Gasteiger partial charge in [-0.2, -0.15) is 4.31 Å². The van der Waals surface area contributed by atoms with Crippen molar-refractivity contribution in [2.45, 2.75) is 32.7 Å². The molecular formula is C15H25NO3S. The smallest absolute Gasteiger partial charge is 0.214 e. The van der Waals surface area contributed by atoms with Crippen molar-refractivity contribution in [3.05, 3.63) is 35.9 Å². The molecule has 0 bridgehead atoms. The van der Waals surface area contributed by atoms with Crippen molar-refractivity contribution < 1.29 is 13.5 Å². The molecule has 5 heteroatoms. The molecule has 114 valence electrons. The van der Waals surface area contributed by atoms with Gasteiger partial charge in [0.15, 0.2) is 0 Å². The van der Waals surface area contributed by atoms with E-state index in [1.54, 1.807) is 7.05 Å². The number of sulfonamides is 1. The number of hydrogen-bond donors (Lipinski definition) is 1. The standard InChI is InChI=1S/C15H25NO3S/c1-4-13(2)12-20(18,19)16(3)15(10-11-17)14-8-6-5-7-9-14/h5-9,13,15,17H,4,10-12H2,1-3H3. The predicted octanol–water partition coefficient (Wildman–Crippen LogP) is 2.42. The molecule has 0 fully saturated rings. The van der Waals surface area contributed by atoms with Gasteiger partial charge in [-0.15, -0.1) is 0 Å². The first-order valence-electron chi connectivity index (χ1n) is 7.03. The third kappa shape index (κ3) is 4.58. The van der Waals surface area contributed by atoms with E-state index in [0.29, 0.717) is 6.42 Å². The van der Waals surface area contributed by atoms with Crippen LogP contribution in [0.25, 0.3) is 0 Å². The van der Waals surface area contributed by atoms with Crippen molar-refractivity contribution in [1.29, 1.82) is 0 Å². The first kappa shape index (κ1) is 17.1. The van der Waals surface area contributed by atoms with Crippen LogP contribution in [0, 0.1) is 5.92 Å². The molecule has 0 saturated carbocycles. The summed E-state index contributed by atoms with van der Waals surface area (Å²) >= 11 is 0. The van der Waals surface area contributed by atoms with Crippen LogP contribution in [0.15, 0.2) is 30.3 Å². The van der Waals surface area contributed by atoms with Crippen molar-refractivity contribution in [3.63, 3.8) is 0 Å². The lowest BCUT2D eigenvalue weighted by molar-refractivity contribution is 0.239. The molecule has 4 nitrogen and oxygen atoms in total. The molecule has 0 saturated heterocycles. The van der Waals surface area contributed by atoms with E-state index in [0.717, 1.165) is 12.0 Å². The molecule has 0 aliphatic carbocycles. The van der Waals surface area contributed by atoms with Crippen LogP contribution in [-0.4, -0.2) is 37.2 Å². The number of nitrogens with zero attached hydrogens (tertiary/aromatic N) is 1. The van der Waals surface area contributed by atoms with E-state index in [9.17, 15) is 13.5 Å². The Hall–Kier alpha value is -0.910. The maximum atomic E-state index is 12.4. The summed E-state index contributed by atoms with van der Waals surface area (Å²) in [5.41, 5.74) is 0.914. The zero-order valence-corrected chi connectivity index (χ0v) is 13.3. The van der Waals surface area contributed by atoms with Gasteiger partial charge in [-0.05, 0) is 17.9 Å². The molecule has 20 heavy (non-hydrogen) atoms. The average Bonchev–Trinajstić information content (AvgIpc) is 2.44. The largest absolute Gasteiger partial charge is 0.396 e. The van der Waals surface area contributed by atoms with Crippen molar-refractivity contribution in [3.8, 4) is 0 Å². The van der Waals surface area contributed by atoms with Gasteiger partial charge in [0.25, 0.3) is 0 Å². The van der Waals surface area contributed by atoms with Gasteiger partial charge in [0, 0.05) is 13.7 Å². The quantitative estimate of drug-likeness (QED) is 0.802. The summed E-state index contributed by atoms with van der Waals surface area (Å²) in [5, 5.41) is 9.22. The van der Waals surface area contributed by atoms with Crippen LogP contribution in [0.3, 0.4) is 0 Å². The Bertz CT molecular complexity index is 487. The van der Waals surface area contributed by atoms with Gasteiger partial charge >= 0.3 is 0 Å². The van der Waals surface area contributed by atoms with Crippen molar-refractivity contribution in [2.75, 3.05) is 19.4 Å². The molecule has 2 atom stereocenters. The highest BCUT2D eigenvalue weighted by Gasteiger charge is 2.28. The summed E-state index contributed by atoms with van der Waals surface area (Å²) in [6, 6.07) is 9.15. The summed E-state index contributed by atoms with van der Waals surface area (Å²) < 4.78 is 26.3. The number of aliphatic hydroxyl groups is 1. The molecule has 0 radical (unpaired) electrons. The summed E-state index contributed by atoms with van der Waals surface area (Å²) in [4.78, 5) is 0. The van der Waals surface area contributed by atoms with Gasteiger partial charge in [0.2, 0.25) is 10.0 Å². The van der Waals surface area contributed by atoms with E-state index >= 15 is 0 Å². The van der Waals surface area contributed by atoms with Crippen LogP contribution in [0.5, 0.6) is 0 Å². The number of rotatable bonds is 8. The molecule has 0 heterocycles. The van der Waals surface area contributed by atoms with Crippen LogP contribution in [0.4, 0.5) is 0 Å². The lowest BCUT2D eigenvalue weighted by Gasteiger charge is -2.28. The second-order valence-electron chi connectivity index (χ2n) is 5.25. The zero-order chi connectivity index (χ0) is 15.2. The Morgan fingerprint density at radius 1 is 1.25 bits per heavy atom. The van der Waals surface area contributed by atoms with Crippen molar-refractivity contribution in [1.82, 2.24) is 4.31 Å². The van der Waals surface area contributed by atoms with Gasteiger partial charge in [-0.25, -0.2) is 8.42 Å². The van der Waals surface area contributed by atoms with Gasteiger partial charge in [-0.1, -0.05) is 50.6 Å². The number of benzene rings is 1. The molecule has 1 aromatic carbocycles. The Morgan fingerprint density at radius 3 is 2.35 bits per heavy atom. The number of hydrogen-bond acceptors (Lipinski definition) is 3. The van der Waals surface area contributed by atoms with E-state index in [2.05, 4.69) is 0 Å². The van der Waals surface area contributed by atoms with Crippen molar-refractivity contribution >= 4 is 10.0 Å². The third-order valence-electron chi connectivity index (χ3n) is 3.66. The van der Waals surface area contributed by atoms with Crippen molar-refractivity contribution in [2.24, 2.45) is 5.92 Å². The maximum Gasteiger partial charge on any atom is 0.214 e. The van der Waals surface area contributed by atoms with E-state index in [-0.39, 0.29) is 24.3 Å². The molecule has 1 N–H and O–H groups in total. The summed E-state index contributed by atoms with van der Waals surface area (Å²) in [7, 11) is -1.72. The SMILES string of the molecule is CCC(C)CS(=O)(=O)N(C)C(CCO)c1ccccc1. The minimum atomic E-state index is -3.32. The molecule has 0 aliphatic heterocycles. The molecule has 0 amide bonds. The van der Waals surface area contributed by atoms with Crippen LogP contribution in [0.2, 0.25) is 0 Å². The van der Waals surface area contributed by atoms with Crippen LogP contribution in [0.1, 0.15) is 38.3 Å². The van der Waals surface area contributed by atoms with Gasteiger partial charge in [0.05, 0.1) is 11.8 Å². The third-order valence-corrected chi connectivity index (χ3v) is 5.78. The maximum absolute atomic E-state index is 12.4. The molecule has 0 aromatic heterocycles. The molecule has 0 spiro atoms. The Kier molecular flexibility index (Phi) is 6.65. The Morgan fingerprint density at radius 2 is 1.85 bits per heavy atom. The lowest BCUT2D eigenvalue weighted by Crippen LogP contribution is -2.35. The molecule has 1 aromatic rings. The Balaban J connectivity index is 2.97. The minimum absolute atomic E-state index is 0.0389. The van der Waals surface area contributed by atoms with Crippen LogP contribution < -0.4 is 0 Å². The first-order chi connectivity index (χ1) is 9.42. The van der Waals surface area contributed by atoms with Gasteiger partial charge in [-0.3, -0.25) is 0 Å². The highest BCUT2D eigenvalue weighted by molar-refractivity contribution is 7.89. The van der Waals surface area contributed by atoms with Crippen LogP contribution in [-0.2, 0) is 10.0 Å². The molecule has 0 aliphatic rings.